The van der Waals surface area contributed by atoms with E-state index in [1.54, 1.807) is 12.1 Å². The van der Waals surface area contributed by atoms with Crippen LogP contribution in [0.4, 0.5) is 27.6 Å². The lowest BCUT2D eigenvalue weighted by Gasteiger charge is -2.27. The zero-order valence-electron chi connectivity index (χ0n) is 22.6. The van der Waals surface area contributed by atoms with E-state index in [-0.39, 0.29) is 16.5 Å². The highest BCUT2D eigenvalue weighted by molar-refractivity contribution is 7.89. The maximum Gasteiger partial charge on any atom is 0.339 e. The molecule has 1 saturated heterocycles. The van der Waals surface area contributed by atoms with E-state index in [4.69, 9.17) is 0 Å². The molecular weight excluding hydrogens is 601 g/mol. The van der Waals surface area contributed by atoms with Gasteiger partial charge in [0.2, 0.25) is 21.7 Å². The second-order valence-electron chi connectivity index (χ2n) is 9.91. The summed E-state index contributed by atoms with van der Waals surface area (Å²) < 4.78 is 95.5. The first-order valence-corrected chi connectivity index (χ1v) is 14.3. The predicted octanol–water partition coefficient (Wildman–Crippen LogP) is 4.11. The van der Waals surface area contributed by atoms with Gasteiger partial charge in [0.25, 0.3) is 0 Å². The molecule has 1 fully saturated rings. The van der Waals surface area contributed by atoms with Gasteiger partial charge in [-0.1, -0.05) is 24.3 Å². The van der Waals surface area contributed by atoms with Gasteiger partial charge < -0.3 is 20.4 Å². The van der Waals surface area contributed by atoms with Gasteiger partial charge in [-0.2, -0.15) is 4.31 Å². The number of aromatic carboxylic acids is 1. The Hall–Kier alpha value is -4.08. The van der Waals surface area contributed by atoms with Gasteiger partial charge in [-0.3, -0.25) is 4.79 Å². The van der Waals surface area contributed by atoms with Gasteiger partial charge in [0, 0.05) is 18.8 Å². The molecule has 230 valence electrons. The highest BCUT2D eigenvalue weighted by Gasteiger charge is 2.37. The summed E-state index contributed by atoms with van der Waals surface area (Å²) in [4.78, 5) is 23.7. The average molecular weight is 628 g/mol. The molecule has 1 aliphatic heterocycles. The molecule has 0 saturated carbocycles. The third-order valence-electron chi connectivity index (χ3n) is 7.15. The van der Waals surface area contributed by atoms with E-state index >= 15 is 0 Å². The summed E-state index contributed by atoms with van der Waals surface area (Å²) in [5.74, 6) is -15.5. The van der Waals surface area contributed by atoms with E-state index < -0.39 is 73.7 Å². The number of hydrogen-bond donors (Lipinski definition) is 3. The Bertz CT molecular complexity index is 1640. The van der Waals surface area contributed by atoms with Crippen molar-refractivity contribution in [2.75, 3.05) is 31.6 Å². The smallest absolute Gasteiger partial charge is 0.339 e. The van der Waals surface area contributed by atoms with Crippen LogP contribution in [0.15, 0.2) is 47.4 Å². The Kier molecular flexibility index (Phi) is 9.37. The Morgan fingerprint density at radius 3 is 2.00 bits per heavy atom. The van der Waals surface area contributed by atoms with Crippen molar-refractivity contribution >= 4 is 27.6 Å². The van der Waals surface area contributed by atoms with E-state index in [0.717, 1.165) is 48.5 Å². The molecule has 1 amide bonds. The number of nitrogens with one attached hydrogen (secondary N) is 1. The van der Waals surface area contributed by atoms with Crippen LogP contribution >= 0.6 is 0 Å². The molecule has 43 heavy (non-hydrogen) atoms. The number of nitrogens with zero attached hydrogens (tertiary/aromatic N) is 2. The minimum Gasteiger partial charge on any atom is -0.507 e. The Labute approximate surface area is 243 Å². The largest absolute Gasteiger partial charge is 0.507 e. The fourth-order valence-corrected chi connectivity index (χ4v) is 5.98. The molecule has 3 aromatic carbocycles. The number of halogens is 5. The van der Waals surface area contributed by atoms with E-state index in [1.165, 1.54) is 6.07 Å². The van der Waals surface area contributed by atoms with Crippen LogP contribution < -0.4 is 10.2 Å². The van der Waals surface area contributed by atoms with E-state index in [1.807, 2.05) is 12.1 Å². The van der Waals surface area contributed by atoms with Gasteiger partial charge in [0.05, 0.1) is 13.1 Å². The predicted molar refractivity (Wildman–Crippen MR) is 144 cm³/mol. The van der Waals surface area contributed by atoms with Crippen LogP contribution in [-0.2, 0) is 21.4 Å². The third-order valence-corrected chi connectivity index (χ3v) is 8.98. The van der Waals surface area contributed by atoms with Crippen molar-refractivity contribution < 1.29 is 50.2 Å². The normalized spacial score (nSPS) is 14.2. The van der Waals surface area contributed by atoms with Crippen molar-refractivity contribution in [1.29, 1.82) is 0 Å². The van der Waals surface area contributed by atoms with E-state index in [2.05, 4.69) is 5.32 Å². The summed E-state index contributed by atoms with van der Waals surface area (Å²) in [7, 11) is -4.72. The molecule has 3 aromatic rings. The van der Waals surface area contributed by atoms with Crippen LogP contribution in [0.1, 0.15) is 40.2 Å². The summed E-state index contributed by atoms with van der Waals surface area (Å²) in [5.41, 5.74) is 1.09. The molecule has 0 aliphatic carbocycles. The van der Waals surface area contributed by atoms with Crippen LogP contribution in [-0.4, -0.2) is 61.5 Å². The highest BCUT2D eigenvalue weighted by atomic mass is 32.2. The van der Waals surface area contributed by atoms with Crippen LogP contribution in [0, 0.1) is 29.1 Å². The van der Waals surface area contributed by atoms with Crippen molar-refractivity contribution in [3.05, 3.63) is 88.2 Å². The Morgan fingerprint density at radius 2 is 1.47 bits per heavy atom. The number of aromatic hydroxyl groups is 1. The molecule has 3 N–H and O–H groups in total. The fraction of sp³-hybridized carbons (Fsp3) is 0.286. The number of piperidine rings is 1. The fourth-order valence-electron chi connectivity index (χ4n) is 4.75. The molecule has 0 aromatic heterocycles. The first-order valence-electron chi connectivity index (χ1n) is 12.9. The number of carboxylic acid groups (broad SMARTS) is 1. The molecule has 4 rings (SSSR count). The topological polar surface area (TPSA) is 127 Å². The number of likely N-dealkylation sites (N-methyl/N-ethyl adjacent to an activating group) is 1. The van der Waals surface area contributed by atoms with Crippen molar-refractivity contribution in [1.82, 2.24) is 9.62 Å². The summed E-state index contributed by atoms with van der Waals surface area (Å²) in [6.07, 6.45) is 1.87. The Morgan fingerprint density at radius 1 is 0.907 bits per heavy atom. The summed E-state index contributed by atoms with van der Waals surface area (Å²) in [5, 5.41) is 22.7. The number of carbonyl (C=O) groups excluding carboxylic acids is 1. The molecule has 15 heteroatoms. The number of anilines is 1. The number of rotatable bonds is 9. The van der Waals surface area contributed by atoms with Gasteiger partial charge in [-0.25, -0.2) is 35.2 Å². The standard InChI is InChI=1S/C28H26F5N3O6S/c1-35(43(41,42)27-25(32)23(30)22(29)24(31)26(27)33)14-21(38)36(18-6-7-19(28(39)40)20(37)12-18)13-15-2-4-16(5-3-15)17-8-10-34-11-9-17/h2-7,12,17,34,37H,8-11,13-14H2,1H3,(H,39,40). The molecule has 1 aliphatic rings. The van der Waals surface area contributed by atoms with E-state index in [9.17, 15) is 50.2 Å². The molecule has 0 spiro atoms. The number of benzene rings is 3. The summed E-state index contributed by atoms with van der Waals surface area (Å²) >= 11 is 0. The van der Waals surface area contributed by atoms with Crippen LogP contribution in [0.25, 0.3) is 0 Å². The number of hydrogen-bond acceptors (Lipinski definition) is 6. The second-order valence-corrected chi connectivity index (χ2v) is 11.9. The molecule has 0 atom stereocenters. The molecule has 9 nitrogen and oxygen atoms in total. The van der Waals surface area contributed by atoms with Crippen molar-refractivity contribution in [2.45, 2.75) is 30.2 Å². The molecule has 0 bridgehead atoms. The molecular formula is C28H26F5N3O6S. The SMILES string of the molecule is CN(CC(=O)N(Cc1ccc(C2CCNCC2)cc1)c1ccc(C(=O)O)c(O)c1)S(=O)(=O)c1c(F)c(F)c(F)c(F)c1F. The minimum atomic E-state index is -5.43. The average Bonchev–Trinajstić information content (AvgIpc) is 2.98. The van der Waals surface area contributed by atoms with E-state index in [0.29, 0.717) is 18.5 Å². The molecule has 0 unspecified atom stereocenters. The van der Waals surface area contributed by atoms with Gasteiger partial charge in [-0.05, 0) is 55.1 Å². The summed E-state index contributed by atoms with van der Waals surface area (Å²) in [6.45, 7) is 0.391. The van der Waals surface area contributed by atoms with Crippen LogP contribution in [0.3, 0.4) is 0 Å². The van der Waals surface area contributed by atoms with Crippen LogP contribution in [0.2, 0.25) is 0 Å². The maximum atomic E-state index is 14.3. The number of phenols is 1. The first-order chi connectivity index (χ1) is 20.2. The van der Waals surface area contributed by atoms with Crippen molar-refractivity contribution in [2.24, 2.45) is 0 Å². The number of carboxylic acids is 1. The monoisotopic (exact) mass is 627 g/mol. The first kappa shape index (κ1) is 31.8. The van der Waals surface area contributed by atoms with Gasteiger partial charge in [-0.15, -0.1) is 0 Å². The van der Waals surface area contributed by atoms with Crippen LogP contribution in [0.5, 0.6) is 5.75 Å². The number of sulfonamides is 1. The quantitative estimate of drug-likeness (QED) is 0.185. The Balaban J connectivity index is 1.66. The lowest BCUT2D eigenvalue weighted by Crippen LogP contribution is -2.41. The third kappa shape index (κ3) is 6.48. The maximum absolute atomic E-state index is 14.3. The molecule has 0 radical (unpaired) electrons. The second kappa shape index (κ2) is 12.7. The number of carbonyl (C=O) groups is 2. The van der Waals surface area contributed by atoms with Gasteiger partial charge in [0.15, 0.2) is 28.2 Å². The minimum absolute atomic E-state index is 0.0584. The molecule has 1 heterocycles. The lowest BCUT2D eigenvalue weighted by molar-refractivity contribution is -0.118. The van der Waals surface area contributed by atoms with Crippen molar-refractivity contribution in [3.8, 4) is 5.75 Å². The van der Waals surface area contributed by atoms with Gasteiger partial charge >= 0.3 is 5.97 Å². The van der Waals surface area contributed by atoms with Crippen molar-refractivity contribution in [3.63, 3.8) is 0 Å². The number of amides is 1. The highest BCUT2D eigenvalue weighted by Crippen LogP contribution is 2.31. The zero-order chi connectivity index (χ0) is 31.6. The zero-order valence-corrected chi connectivity index (χ0v) is 23.4. The van der Waals surface area contributed by atoms with Gasteiger partial charge in [0.1, 0.15) is 11.3 Å². The lowest BCUT2D eigenvalue weighted by atomic mass is 9.90. The summed E-state index contributed by atoms with van der Waals surface area (Å²) in [6, 6.07) is 10.4.